The van der Waals surface area contributed by atoms with Crippen molar-refractivity contribution in [1.82, 2.24) is 0 Å². The molecular weight excluding hydrogens is 383 g/mol. The Labute approximate surface area is 165 Å². The van der Waals surface area contributed by atoms with E-state index in [1.165, 1.54) is 18.2 Å². The van der Waals surface area contributed by atoms with Gasteiger partial charge in [-0.15, -0.1) is 0 Å². The molecule has 0 bridgehead atoms. The van der Waals surface area contributed by atoms with Gasteiger partial charge in [0.1, 0.15) is 11.6 Å². The van der Waals surface area contributed by atoms with Crippen molar-refractivity contribution in [2.75, 3.05) is 22.4 Å². The Kier molecular flexibility index (Phi) is 7.39. The number of carbonyl (C=O) groups excluding carboxylic acids is 1. The van der Waals surface area contributed by atoms with Crippen LogP contribution in [0.15, 0.2) is 48.5 Å². The van der Waals surface area contributed by atoms with Crippen molar-refractivity contribution in [1.29, 1.82) is 0 Å². The zero-order chi connectivity index (χ0) is 20.7. The molecule has 28 heavy (non-hydrogen) atoms. The Morgan fingerprint density at radius 2 is 1.79 bits per heavy atom. The molecule has 0 aliphatic carbocycles. The molecule has 0 aromatic heterocycles. The van der Waals surface area contributed by atoms with Gasteiger partial charge in [-0.3, -0.25) is 9.10 Å². The number of ether oxygens (including phenoxy) is 1. The standard InChI is InChI=1S/C20H25FN2O4S/c1-15(2)27-19-12-7-5-10-17(19)22-20(24)13-8-14-23(28(3,25)26)18-11-6-4-9-16(18)21/h4-7,9-12,15H,8,13-14H2,1-3H3,(H,22,24). The summed E-state index contributed by atoms with van der Waals surface area (Å²) in [6.45, 7) is 3.78. The lowest BCUT2D eigenvalue weighted by Crippen LogP contribution is -2.32. The van der Waals surface area contributed by atoms with Gasteiger partial charge in [0.2, 0.25) is 15.9 Å². The maximum Gasteiger partial charge on any atom is 0.232 e. The fraction of sp³-hybridized carbons (Fsp3) is 0.350. The number of anilines is 2. The fourth-order valence-electron chi connectivity index (χ4n) is 2.64. The average molecular weight is 408 g/mol. The molecule has 0 saturated carbocycles. The van der Waals surface area contributed by atoms with E-state index in [1.54, 1.807) is 24.3 Å². The molecular formula is C20H25FN2O4S. The molecule has 0 spiro atoms. The highest BCUT2D eigenvalue weighted by Gasteiger charge is 2.20. The predicted molar refractivity (Wildman–Crippen MR) is 109 cm³/mol. The topological polar surface area (TPSA) is 75.7 Å². The third-order valence-corrected chi connectivity index (χ3v) is 4.99. The Balaban J connectivity index is 2.00. The number of hydrogen-bond donors (Lipinski definition) is 1. The molecule has 152 valence electrons. The van der Waals surface area contributed by atoms with E-state index >= 15 is 0 Å². The minimum Gasteiger partial charge on any atom is -0.489 e. The van der Waals surface area contributed by atoms with Crippen LogP contribution in [0.3, 0.4) is 0 Å². The second kappa shape index (κ2) is 9.54. The highest BCUT2D eigenvalue weighted by atomic mass is 32.2. The van der Waals surface area contributed by atoms with Crippen molar-refractivity contribution in [3.63, 3.8) is 0 Å². The lowest BCUT2D eigenvalue weighted by Gasteiger charge is -2.22. The van der Waals surface area contributed by atoms with Crippen LogP contribution < -0.4 is 14.4 Å². The summed E-state index contributed by atoms with van der Waals surface area (Å²) >= 11 is 0. The Morgan fingerprint density at radius 3 is 2.43 bits per heavy atom. The van der Waals surface area contributed by atoms with Crippen molar-refractivity contribution >= 4 is 27.3 Å². The maximum absolute atomic E-state index is 14.0. The summed E-state index contributed by atoms with van der Waals surface area (Å²) < 4.78 is 44.7. The second-order valence-corrected chi connectivity index (χ2v) is 8.51. The van der Waals surface area contributed by atoms with Crippen LogP contribution in [-0.4, -0.2) is 33.2 Å². The minimum atomic E-state index is -3.68. The summed E-state index contributed by atoms with van der Waals surface area (Å²) in [6.07, 6.45) is 1.29. The highest BCUT2D eigenvalue weighted by Crippen LogP contribution is 2.25. The van der Waals surface area contributed by atoms with Gasteiger partial charge in [0, 0.05) is 13.0 Å². The molecule has 2 aromatic carbocycles. The molecule has 0 fully saturated rings. The number of para-hydroxylation sites is 3. The molecule has 0 heterocycles. The molecule has 1 N–H and O–H groups in total. The molecule has 1 amide bonds. The largest absolute Gasteiger partial charge is 0.489 e. The summed E-state index contributed by atoms with van der Waals surface area (Å²) in [5.74, 6) is -0.339. The molecule has 6 nitrogen and oxygen atoms in total. The highest BCUT2D eigenvalue weighted by molar-refractivity contribution is 7.92. The summed E-state index contributed by atoms with van der Waals surface area (Å²) in [5, 5.41) is 2.77. The second-order valence-electron chi connectivity index (χ2n) is 6.60. The van der Waals surface area contributed by atoms with E-state index in [1.807, 2.05) is 19.9 Å². The summed E-state index contributed by atoms with van der Waals surface area (Å²) in [5.41, 5.74) is 0.524. The smallest absolute Gasteiger partial charge is 0.232 e. The van der Waals surface area contributed by atoms with Gasteiger partial charge in [0.15, 0.2) is 0 Å². The Hall–Kier alpha value is -2.61. The van der Waals surface area contributed by atoms with Crippen LogP contribution in [0.4, 0.5) is 15.8 Å². The summed E-state index contributed by atoms with van der Waals surface area (Å²) in [7, 11) is -3.68. The van der Waals surface area contributed by atoms with Crippen LogP contribution in [0.5, 0.6) is 5.75 Å². The van der Waals surface area contributed by atoms with E-state index < -0.39 is 15.8 Å². The number of rotatable bonds is 9. The normalized spacial score (nSPS) is 11.3. The zero-order valence-corrected chi connectivity index (χ0v) is 17.0. The van der Waals surface area contributed by atoms with Crippen LogP contribution in [0, 0.1) is 5.82 Å². The SMILES string of the molecule is CC(C)Oc1ccccc1NC(=O)CCCN(c1ccccc1F)S(C)(=O)=O. The zero-order valence-electron chi connectivity index (χ0n) is 16.2. The van der Waals surface area contributed by atoms with Crippen molar-refractivity contribution < 1.29 is 22.3 Å². The van der Waals surface area contributed by atoms with Gasteiger partial charge in [-0.2, -0.15) is 0 Å². The lowest BCUT2D eigenvalue weighted by molar-refractivity contribution is -0.116. The van der Waals surface area contributed by atoms with Gasteiger partial charge in [-0.1, -0.05) is 24.3 Å². The van der Waals surface area contributed by atoms with Gasteiger partial charge >= 0.3 is 0 Å². The lowest BCUT2D eigenvalue weighted by atomic mass is 10.2. The van der Waals surface area contributed by atoms with Crippen molar-refractivity contribution in [2.24, 2.45) is 0 Å². The third kappa shape index (κ3) is 6.23. The van der Waals surface area contributed by atoms with E-state index in [0.717, 1.165) is 10.6 Å². The summed E-state index contributed by atoms with van der Waals surface area (Å²) in [4.78, 5) is 12.3. The number of halogens is 1. The number of amides is 1. The van der Waals surface area contributed by atoms with Crippen molar-refractivity contribution in [3.05, 3.63) is 54.3 Å². The number of sulfonamides is 1. The molecule has 2 aromatic rings. The predicted octanol–water partition coefficient (Wildman–Crippen LogP) is 3.80. The number of nitrogens with zero attached hydrogens (tertiary/aromatic N) is 1. The molecule has 0 aliphatic heterocycles. The Morgan fingerprint density at radius 1 is 1.14 bits per heavy atom. The van der Waals surface area contributed by atoms with Crippen LogP contribution in [-0.2, 0) is 14.8 Å². The van der Waals surface area contributed by atoms with E-state index in [2.05, 4.69) is 5.32 Å². The van der Waals surface area contributed by atoms with Gasteiger partial charge in [0.25, 0.3) is 0 Å². The van der Waals surface area contributed by atoms with E-state index in [4.69, 9.17) is 4.74 Å². The van der Waals surface area contributed by atoms with Gasteiger partial charge in [-0.05, 0) is 44.5 Å². The molecule has 0 aliphatic rings. The average Bonchev–Trinajstić information content (AvgIpc) is 2.60. The van der Waals surface area contributed by atoms with Crippen molar-refractivity contribution in [3.8, 4) is 5.75 Å². The van der Waals surface area contributed by atoms with Crippen LogP contribution >= 0.6 is 0 Å². The number of nitrogens with one attached hydrogen (secondary N) is 1. The molecule has 0 saturated heterocycles. The fourth-order valence-corrected chi connectivity index (χ4v) is 3.61. The minimum absolute atomic E-state index is 0.00265. The molecule has 0 radical (unpaired) electrons. The van der Waals surface area contributed by atoms with Crippen LogP contribution in [0.2, 0.25) is 0 Å². The Bertz CT molecular complexity index is 916. The summed E-state index contributed by atoms with van der Waals surface area (Å²) in [6, 6.07) is 12.7. The monoisotopic (exact) mass is 408 g/mol. The van der Waals surface area contributed by atoms with Gasteiger partial charge in [-0.25, -0.2) is 12.8 Å². The molecule has 8 heteroatoms. The first kappa shape index (κ1) is 21.7. The number of carbonyl (C=O) groups is 1. The number of hydrogen-bond acceptors (Lipinski definition) is 4. The van der Waals surface area contributed by atoms with E-state index in [-0.39, 0.29) is 37.1 Å². The molecule has 0 unspecified atom stereocenters. The van der Waals surface area contributed by atoms with Crippen LogP contribution in [0.1, 0.15) is 26.7 Å². The maximum atomic E-state index is 14.0. The quantitative estimate of drug-likeness (QED) is 0.685. The van der Waals surface area contributed by atoms with Crippen LogP contribution in [0.25, 0.3) is 0 Å². The first-order valence-electron chi connectivity index (χ1n) is 8.96. The first-order valence-corrected chi connectivity index (χ1v) is 10.8. The van der Waals surface area contributed by atoms with E-state index in [0.29, 0.717) is 11.4 Å². The molecule has 2 rings (SSSR count). The van der Waals surface area contributed by atoms with E-state index in [9.17, 15) is 17.6 Å². The van der Waals surface area contributed by atoms with Crippen molar-refractivity contribution in [2.45, 2.75) is 32.8 Å². The molecule has 0 atom stereocenters. The number of benzene rings is 2. The van der Waals surface area contributed by atoms with Gasteiger partial charge < -0.3 is 10.1 Å². The third-order valence-electron chi connectivity index (χ3n) is 3.81. The van der Waals surface area contributed by atoms with Gasteiger partial charge in [0.05, 0.1) is 23.7 Å². The first-order chi connectivity index (χ1) is 13.2.